The van der Waals surface area contributed by atoms with Crippen LogP contribution in [-0.4, -0.2) is 11.0 Å². The van der Waals surface area contributed by atoms with Crippen molar-refractivity contribution < 1.29 is 4.79 Å². The van der Waals surface area contributed by atoms with Crippen molar-refractivity contribution in [1.29, 1.82) is 0 Å². The summed E-state index contributed by atoms with van der Waals surface area (Å²) in [6.07, 6.45) is 0. The summed E-state index contributed by atoms with van der Waals surface area (Å²) in [4.78, 5) is 12.0. The summed E-state index contributed by atoms with van der Waals surface area (Å²) in [5.74, 6) is -0.322. The number of hydrogen-bond donors (Lipinski definition) is 3. The number of amides is 1. The Bertz CT molecular complexity index is 724. The number of hydrogen-bond acceptors (Lipinski definition) is 2. The number of benzene rings is 2. The average Bonchev–Trinajstić information content (AvgIpc) is 2.49. The Morgan fingerprint density at radius 3 is 2.30 bits per heavy atom. The zero-order valence-corrected chi connectivity index (χ0v) is 14.9. The quantitative estimate of drug-likeness (QED) is 0.548. The number of thiocarbonyl (C=S) groups is 1. The van der Waals surface area contributed by atoms with E-state index in [1.54, 1.807) is 24.3 Å². The molecule has 4 nitrogen and oxygen atoms in total. The molecule has 0 fully saturated rings. The van der Waals surface area contributed by atoms with E-state index in [0.717, 1.165) is 11.1 Å². The Morgan fingerprint density at radius 2 is 1.70 bits per heavy atom. The first-order valence-electron chi connectivity index (χ1n) is 6.76. The minimum absolute atomic E-state index is 0.237. The van der Waals surface area contributed by atoms with Crippen LogP contribution in [0.25, 0.3) is 0 Å². The monoisotopic (exact) mass is 367 g/mol. The molecule has 0 saturated heterocycles. The van der Waals surface area contributed by atoms with Gasteiger partial charge < -0.3 is 5.32 Å². The molecule has 0 atom stereocenters. The molecule has 0 unspecified atom stereocenters. The SMILES string of the molecule is Cc1cc(C)c(NC(=S)NNC(=O)c2ccc(Cl)cc2)c(Cl)c1. The van der Waals surface area contributed by atoms with Crippen molar-refractivity contribution in [2.24, 2.45) is 0 Å². The predicted octanol–water partition coefficient (Wildman–Crippen LogP) is 4.24. The molecule has 0 aliphatic rings. The molecule has 0 spiro atoms. The van der Waals surface area contributed by atoms with Crippen molar-refractivity contribution >= 4 is 52.1 Å². The van der Waals surface area contributed by atoms with E-state index in [2.05, 4.69) is 16.2 Å². The van der Waals surface area contributed by atoms with E-state index in [1.807, 2.05) is 26.0 Å². The van der Waals surface area contributed by atoms with Gasteiger partial charge in [0, 0.05) is 10.6 Å². The predicted molar refractivity (Wildman–Crippen MR) is 99.2 cm³/mol. The van der Waals surface area contributed by atoms with E-state index >= 15 is 0 Å². The van der Waals surface area contributed by atoms with Gasteiger partial charge in [-0.2, -0.15) is 0 Å². The Kier molecular flexibility index (Phi) is 5.82. The van der Waals surface area contributed by atoms with E-state index in [-0.39, 0.29) is 11.0 Å². The first kappa shape index (κ1) is 17.5. The third-order valence-electron chi connectivity index (χ3n) is 3.07. The molecule has 2 aromatic rings. The van der Waals surface area contributed by atoms with Gasteiger partial charge in [-0.05, 0) is 67.5 Å². The molecular weight excluding hydrogens is 353 g/mol. The van der Waals surface area contributed by atoms with Crippen molar-refractivity contribution in [1.82, 2.24) is 10.9 Å². The fraction of sp³-hybridized carbons (Fsp3) is 0.125. The van der Waals surface area contributed by atoms with E-state index in [9.17, 15) is 4.79 Å². The summed E-state index contributed by atoms with van der Waals surface area (Å²) in [7, 11) is 0. The third-order valence-corrected chi connectivity index (χ3v) is 3.82. The molecular formula is C16H15Cl2N3OS. The normalized spacial score (nSPS) is 10.1. The molecule has 0 heterocycles. The molecule has 0 saturated carbocycles. The maximum absolute atomic E-state index is 12.0. The second kappa shape index (κ2) is 7.64. The lowest BCUT2D eigenvalue weighted by Gasteiger charge is -2.15. The molecule has 0 aliphatic heterocycles. The summed E-state index contributed by atoms with van der Waals surface area (Å²) in [5, 5.41) is 4.34. The van der Waals surface area contributed by atoms with Crippen molar-refractivity contribution in [2.45, 2.75) is 13.8 Å². The zero-order valence-electron chi connectivity index (χ0n) is 12.5. The molecule has 3 N–H and O–H groups in total. The van der Waals surface area contributed by atoms with Gasteiger partial charge in [0.25, 0.3) is 5.91 Å². The van der Waals surface area contributed by atoms with Crippen molar-refractivity contribution in [3.8, 4) is 0 Å². The highest BCUT2D eigenvalue weighted by Gasteiger charge is 2.09. The van der Waals surface area contributed by atoms with Gasteiger partial charge in [0.15, 0.2) is 5.11 Å². The van der Waals surface area contributed by atoms with Gasteiger partial charge in [0.1, 0.15) is 0 Å². The fourth-order valence-electron chi connectivity index (χ4n) is 2.01. The molecule has 2 rings (SSSR count). The number of halogens is 2. The molecule has 0 bridgehead atoms. The number of anilines is 1. The average molecular weight is 368 g/mol. The van der Waals surface area contributed by atoms with E-state index in [4.69, 9.17) is 35.4 Å². The second-order valence-corrected chi connectivity index (χ2v) is 6.23. The lowest BCUT2D eigenvalue weighted by atomic mass is 10.1. The number of hydrazine groups is 1. The third kappa shape index (κ3) is 4.82. The molecule has 7 heteroatoms. The van der Waals surface area contributed by atoms with E-state index < -0.39 is 0 Å². The van der Waals surface area contributed by atoms with Crippen LogP contribution in [0, 0.1) is 13.8 Å². The van der Waals surface area contributed by atoms with Gasteiger partial charge in [-0.1, -0.05) is 29.3 Å². The minimum Gasteiger partial charge on any atom is -0.330 e. The highest BCUT2D eigenvalue weighted by Crippen LogP contribution is 2.27. The summed E-state index contributed by atoms with van der Waals surface area (Å²) in [6, 6.07) is 10.4. The first-order valence-corrected chi connectivity index (χ1v) is 7.93. The maximum atomic E-state index is 12.0. The highest BCUT2D eigenvalue weighted by molar-refractivity contribution is 7.80. The highest BCUT2D eigenvalue weighted by atomic mass is 35.5. The molecule has 23 heavy (non-hydrogen) atoms. The van der Waals surface area contributed by atoms with Crippen LogP contribution in [0.4, 0.5) is 5.69 Å². The van der Waals surface area contributed by atoms with Crippen LogP contribution < -0.4 is 16.2 Å². The number of nitrogens with one attached hydrogen (secondary N) is 3. The van der Waals surface area contributed by atoms with Crippen LogP contribution >= 0.6 is 35.4 Å². The van der Waals surface area contributed by atoms with Gasteiger partial charge in [0.2, 0.25) is 0 Å². The van der Waals surface area contributed by atoms with Crippen molar-refractivity contribution in [3.05, 3.63) is 63.1 Å². The summed E-state index contributed by atoms with van der Waals surface area (Å²) < 4.78 is 0. The van der Waals surface area contributed by atoms with Crippen LogP contribution in [0.15, 0.2) is 36.4 Å². The van der Waals surface area contributed by atoms with Gasteiger partial charge >= 0.3 is 0 Å². The Labute approximate surface area is 150 Å². The number of aryl methyl sites for hydroxylation is 2. The van der Waals surface area contributed by atoms with Gasteiger partial charge in [0.05, 0.1) is 10.7 Å². The first-order chi connectivity index (χ1) is 10.9. The van der Waals surface area contributed by atoms with Crippen LogP contribution in [0.5, 0.6) is 0 Å². The smallest absolute Gasteiger partial charge is 0.269 e. The summed E-state index contributed by atoms with van der Waals surface area (Å²) in [5.41, 5.74) is 8.35. The molecule has 0 radical (unpaired) electrons. The largest absolute Gasteiger partial charge is 0.330 e. The lowest BCUT2D eigenvalue weighted by Crippen LogP contribution is -2.43. The van der Waals surface area contributed by atoms with Crippen LogP contribution in [0.2, 0.25) is 10.0 Å². The van der Waals surface area contributed by atoms with Crippen molar-refractivity contribution in [2.75, 3.05) is 5.32 Å². The van der Waals surface area contributed by atoms with E-state index in [1.165, 1.54) is 0 Å². The maximum Gasteiger partial charge on any atom is 0.269 e. The number of carbonyl (C=O) groups excluding carboxylic acids is 1. The Morgan fingerprint density at radius 1 is 1.04 bits per heavy atom. The molecule has 2 aromatic carbocycles. The minimum atomic E-state index is -0.322. The van der Waals surface area contributed by atoms with E-state index in [0.29, 0.717) is 21.3 Å². The molecule has 120 valence electrons. The zero-order chi connectivity index (χ0) is 17.0. The molecule has 0 aliphatic carbocycles. The Balaban J connectivity index is 1.95. The molecule has 1 amide bonds. The summed E-state index contributed by atoms with van der Waals surface area (Å²) >= 11 is 17.1. The second-order valence-electron chi connectivity index (χ2n) is 4.98. The van der Waals surface area contributed by atoms with Gasteiger partial charge in [-0.15, -0.1) is 0 Å². The lowest BCUT2D eigenvalue weighted by molar-refractivity contribution is 0.0944. The van der Waals surface area contributed by atoms with Gasteiger partial charge in [-0.3, -0.25) is 15.6 Å². The summed E-state index contributed by atoms with van der Waals surface area (Å²) in [6.45, 7) is 3.89. The topological polar surface area (TPSA) is 53.2 Å². The molecule has 0 aromatic heterocycles. The number of rotatable bonds is 2. The van der Waals surface area contributed by atoms with Crippen LogP contribution in [0.3, 0.4) is 0 Å². The van der Waals surface area contributed by atoms with Crippen molar-refractivity contribution in [3.63, 3.8) is 0 Å². The number of carbonyl (C=O) groups is 1. The standard InChI is InChI=1S/C16H15Cl2N3OS/c1-9-7-10(2)14(13(18)8-9)19-16(23)21-20-15(22)11-3-5-12(17)6-4-11/h3-8H,1-2H3,(H,20,22)(H2,19,21,23). The van der Waals surface area contributed by atoms with Gasteiger partial charge in [-0.25, -0.2) is 0 Å². The fourth-order valence-corrected chi connectivity index (χ4v) is 2.65. The Hall–Kier alpha value is -1.82. The van der Waals surface area contributed by atoms with Crippen LogP contribution in [0.1, 0.15) is 21.5 Å². The van der Waals surface area contributed by atoms with Crippen LogP contribution in [-0.2, 0) is 0 Å².